The van der Waals surface area contributed by atoms with Crippen molar-refractivity contribution in [2.45, 2.75) is 84.2 Å². The number of rotatable bonds is 12. The number of aliphatic hydroxyl groups excluding tert-OH is 3. The van der Waals surface area contributed by atoms with E-state index < -0.39 is 17.1 Å². The van der Waals surface area contributed by atoms with E-state index in [1.54, 1.807) is 6.92 Å². The predicted octanol–water partition coefficient (Wildman–Crippen LogP) is 2.12. The highest BCUT2D eigenvalue weighted by Crippen LogP contribution is 2.32. The van der Waals surface area contributed by atoms with Crippen LogP contribution in [0.3, 0.4) is 0 Å². The highest BCUT2D eigenvalue weighted by atomic mass is 16.6. The lowest BCUT2D eigenvalue weighted by molar-refractivity contribution is -0.166. The smallest absolute Gasteiger partial charge is 0.0921 e. The molecule has 3 N–H and O–H groups in total. The second-order valence-corrected chi connectivity index (χ2v) is 7.84. The maximum Gasteiger partial charge on any atom is 0.0921 e. The zero-order valence-corrected chi connectivity index (χ0v) is 15.4. The topological polar surface area (TPSA) is 82.5 Å². The Morgan fingerprint density at radius 2 is 1.70 bits per heavy atom. The van der Waals surface area contributed by atoms with Gasteiger partial charge in [0, 0.05) is 12.0 Å². The molecule has 5 heteroatoms. The molecule has 1 aliphatic rings. The van der Waals surface area contributed by atoms with Crippen LogP contribution < -0.4 is 0 Å². The number of hydrogen-bond donors (Lipinski definition) is 3. The molecular weight excluding hydrogens is 296 g/mol. The van der Waals surface area contributed by atoms with E-state index in [1.807, 2.05) is 13.8 Å². The molecule has 4 atom stereocenters. The van der Waals surface area contributed by atoms with E-state index in [0.717, 1.165) is 25.7 Å². The molecule has 23 heavy (non-hydrogen) atoms. The monoisotopic (exact) mass is 332 g/mol. The van der Waals surface area contributed by atoms with Crippen molar-refractivity contribution < 1.29 is 24.8 Å². The zero-order chi connectivity index (χ0) is 17.7. The van der Waals surface area contributed by atoms with Crippen LogP contribution in [0.15, 0.2) is 0 Å². The third kappa shape index (κ3) is 5.98. The maximum atomic E-state index is 10.5. The summed E-state index contributed by atoms with van der Waals surface area (Å²) in [5.41, 5.74) is -1.78. The summed E-state index contributed by atoms with van der Waals surface area (Å²) in [5, 5.41) is 29.3. The lowest BCUT2D eigenvalue weighted by Crippen LogP contribution is -2.52. The molecule has 138 valence electrons. The number of aliphatic hydroxyl groups is 3. The average Bonchev–Trinajstić information content (AvgIpc) is 3.24. The minimum Gasteiger partial charge on any atom is -0.396 e. The van der Waals surface area contributed by atoms with Gasteiger partial charge in [-0.15, -0.1) is 0 Å². The van der Waals surface area contributed by atoms with Crippen molar-refractivity contribution >= 4 is 0 Å². The fraction of sp³-hybridized carbons (Fsp3) is 1.00. The summed E-state index contributed by atoms with van der Waals surface area (Å²) in [4.78, 5) is 0. The predicted molar refractivity (Wildman–Crippen MR) is 90.3 cm³/mol. The Bertz CT molecular complexity index is 340. The molecule has 0 radical (unpaired) electrons. The lowest BCUT2D eigenvalue weighted by Gasteiger charge is -2.41. The Balaban J connectivity index is 2.38. The van der Waals surface area contributed by atoms with Gasteiger partial charge in [0.1, 0.15) is 0 Å². The molecule has 0 saturated carbocycles. The SMILES string of the molecule is CCC(CCOC(C)(C)C(O)C(C)(CO)CO)CCC1OC1C. The van der Waals surface area contributed by atoms with E-state index in [1.165, 1.54) is 0 Å². The summed E-state index contributed by atoms with van der Waals surface area (Å²) >= 11 is 0. The third-order valence-corrected chi connectivity index (χ3v) is 5.31. The summed E-state index contributed by atoms with van der Waals surface area (Å²) in [6.07, 6.45) is 4.24. The van der Waals surface area contributed by atoms with Crippen molar-refractivity contribution in [2.24, 2.45) is 11.3 Å². The normalized spacial score (nSPS) is 24.5. The Kier molecular flexibility index (Phi) is 7.94. The van der Waals surface area contributed by atoms with Crippen molar-refractivity contribution in [1.82, 2.24) is 0 Å². The third-order valence-electron chi connectivity index (χ3n) is 5.31. The molecule has 5 nitrogen and oxygen atoms in total. The van der Waals surface area contributed by atoms with E-state index in [4.69, 9.17) is 9.47 Å². The number of hydrogen-bond acceptors (Lipinski definition) is 5. The Morgan fingerprint density at radius 1 is 1.13 bits per heavy atom. The number of epoxide rings is 1. The second-order valence-electron chi connectivity index (χ2n) is 7.84. The fourth-order valence-corrected chi connectivity index (χ4v) is 3.12. The summed E-state index contributed by atoms with van der Waals surface area (Å²) in [7, 11) is 0. The van der Waals surface area contributed by atoms with Gasteiger partial charge in [-0.3, -0.25) is 0 Å². The van der Waals surface area contributed by atoms with Crippen LogP contribution >= 0.6 is 0 Å². The summed E-state index contributed by atoms with van der Waals surface area (Å²) < 4.78 is 11.4. The first-order valence-electron chi connectivity index (χ1n) is 8.89. The molecule has 0 bridgehead atoms. The van der Waals surface area contributed by atoms with Crippen molar-refractivity contribution in [2.75, 3.05) is 19.8 Å². The van der Waals surface area contributed by atoms with Crippen LogP contribution in [0.1, 0.15) is 60.3 Å². The van der Waals surface area contributed by atoms with Crippen LogP contribution in [0.4, 0.5) is 0 Å². The van der Waals surface area contributed by atoms with E-state index in [0.29, 0.717) is 24.7 Å². The first-order chi connectivity index (χ1) is 10.7. The fourth-order valence-electron chi connectivity index (χ4n) is 3.12. The summed E-state index contributed by atoms with van der Waals surface area (Å²) in [6, 6.07) is 0. The molecule has 0 amide bonds. The second kappa shape index (κ2) is 8.77. The highest BCUT2D eigenvalue weighted by molar-refractivity contribution is 4.92. The van der Waals surface area contributed by atoms with Gasteiger partial charge >= 0.3 is 0 Å². The quantitative estimate of drug-likeness (QED) is 0.477. The van der Waals surface area contributed by atoms with Crippen LogP contribution in [-0.2, 0) is 9.47 Å². The van der Waals surface area contributed by atoms with Gasteiger partial charge in [0.05, 0.1) is 37.1 Å². The van der Waals surface area contributed by atoms with Crippen LogP contribution in [-0.4, -0.2) is 59.1 Å². The Morgan fingerprint density at radius 3 is 2.13 bits per heavy atom. The van der Waals surface area contributed by atoms with Crippen molar-refractivity contribution in [3.63, 3.8) is 0 Å². The molecule has 1 rings (SSSR count). The van der Waals surface area contributed by atoms with Crippen molar-refractivity contribution in [3.05, 3.63) is 0 Å². The van der Waals surface area contributed by atoms with Crippen molar-refractivity contribution in [3.8, 4) is 0 Å². The lowest BCUT2D eigenvalue weighted by atomic mass is 9.78. The van der Waals surface area contributed by atoms with Crippen LogP contribution in [0.5, 0.6) is 0 Å². The van der Waals surface area contributed by atoms with Gasteiger partial charge in [-0.2, -0.15) is 0 Å². The minimum atomic E-state index is -0.965. The first kappa shape index (κ1) is 20.8. The van der Waals surface area contributed by atoms with E-state index in [2.05, 4.69) is 13.8 Å². The molecule has 0 aromatic heterocycles. The van der Waals surface area contributed by atoms with Gasteiger partial charge < -0.3 is 24.8 Å². The van der Waals surface area contributed by atoms with Crippen LogP contribution in [0.25, 0.3) is 0 Å². The molecule has 0 aromatic rings. The van der Waals surface area contributed by atoms with Gasteiger partial charge in [0.15, 0.2) is 0 Å². The van der Waals surface area contributed by atoms with Gasteiger partial charge in [0.2, 0.25) is 0 Å². The first-order valence-corrected chi connectivity index (χ1v) is 8.89. The molecule has 1 heterocycles. The minimum absolute atomic E-state index is 0.283. The maximum absolute atomic E-state index is 10.5. The van der Waals surface area contributed by atoms with Gasteiger partial charge in [-0.05, 0) is 46.0 Å². The standard InChI is InChI=1S/C18H36O5/c1-6-14(7-8-15-13(2)23-15)9-10-22-17(3,4)16(21)18(5,11-19)12-20/h13-16,19-21H,6-12H2,1-5H3. The molecule has 0 aliphatic carbocycles. The average molecular weight is 332 g/mol. The molecule has 4 unspecified atom stereocenters. The molecule has 1 fully saturated rings. The molecular formula is C18H36O5. The van der Waals surface area contributed by atoms with Crippen LogP contribution in [0.2, 0.25) is 0 Å². The van der Waals surface area contributed by atoms with E-state index in [-0.39, 0.29) is 13.2 Å². The Hall–Kier alpha value is -0.200. The summed E-state index contributed by atoms with van der Waals surface area (Å²) in [6.45, 7) is 9.58. The van der Waals surface area contributed by atoms with E-state index in [9.17, 15) is 15.3 Å². The molecule has 1 saturated heterocycles. The largest absolute Gasteiger partial charge is 0.396 e. The zero-order valence-electron chi connectivity index (χ0n) is 15.4. The van der Waals surface area contributed by atoms with E-state index >= 15 is 0 Å². The summed E-state index contributed by atoms with van der Waals surface area (Å²) in [5.74, 6) is 0.599. The Labute approximate surface area is 141 Å². The highest BCUT2D eigenvalue weighted by Gasteiger charge is 2.43. The molecule has 0 aromatic carbocycles. The molecule has 1 aliphatic heterocycles. The van der Waals surface area contributed by atoms with Gasteiger partial charge in [-0.25, -0.2) is 0 Å². The van der Waals surface area contributed by atoms with Gasteiger partial charge in [0.25, 0.3) is 0 Å². The van der Waals surface area contributed by atoms with Crippen LogP contribution in [0, 0.1) is 11.3 Å². The number of ether oxygens (including phenoxy) is 2. The van der Waals surface area contributed by atoms with Crippen molar-refractivity contribution in [1.29, 1.82) is 0 Å². The molecule has 0 spiro atoms. The van der Waals surface area contributed by atoms with Gasteiger partial charge in [-0.1, -0.05) is 20.3 Å².